The normalized spacial score (nSPS) is 10.8. The van der Waals surface area contributed by atoms with Crippen molar-refractivity contribution in [2.24, 2.45) is 0 Å². The highest BCUT2D eigenvalue weighted by Gasteiger charge is 2.12. The summed E-state index contributed by atoms with van der Waals surface area (Å²) in [7, 11) is 0. The number of carbonyl (C=O) groups is 1. The molecule has 4 rings (SSSR count). The van der Waals surface area contributed by atoms with Gasteiger partial charge in [-0.05, 0) is 24.3 Å². The number of amides is 1. The fourth-order valence-electron chi connectivity index (χ4n) is 2.50. The summed E-state index contributed by atoms with van der Waals surface area (Å²) >= 11 is 5.94. The lowest BCUT2D eigenvalue weighted by Gasteiger charge is -2.06. The number of carbonyl (C=O) groups excluding carboxylic acids is 1. The van der Waals surface area contributed by atoms with Gasteiger partial charge in [-0.25, -0.2) is 15.0 Å². The van der Waals surface area contributed by atoms with Crippen LogP contribution in [0.15, 0.2) is 60.9 Å². The number of pyridine rings is 1. The molecule has 0 atom stereocenters. The lowest BCUT2D eigenvalue weighted by molar-refractivity contribution is 0.102. The quantitative estimate of drug-likeness (QED) is 0.587. The Bertz CT molecular complexity index is 1060. The minimum atomic E-state index is -0.216. The zero-order chi connectivity index (χ0) is 17.2. The number of fused-ring (bicyclic) bond motifs is 1. The van der Waals surface area contributed by atoms with Gasteiger partial charge < -0.3 is 10.3 Å². The Morgan fingerprint density at radius 3 is 2.72 bits per heavy atom. The van der Waals surface area contributed by atoms with Gasteiger partial charge in [-0.2, -0.15) is 0 Å². The number of aromatic amines is 1. The smallest absolute Gasteiger partial charge is 0.256 e. The second-order valence-corrected chi connectivity index (χ2v) is 5.71. The second kappa shape index (κ2) is 6.33. The first kappa shape index (κ1) is 15.3. The highest BCUT2D eigenvalue weighted by molar-refractivity contribution is 6.29. The molecule has 0 saturated carbocycles. The molecule has 0 aliphatic heterocycles. The van der Waals surface area contributed by atoms with Gasteiger partial charge in [0.05, 0.1) is 11.9 Å². The number of hydrogen-bond acceptors (Lipinski definition) is 4. The Labute approximate surface area is 147 Å². The summed E-state index contributed by atoms with van der Waals surface area (Å²) in [5.74, 6) is 0.239. The molecule has 0 aliphatic carbocycles. The number of H-pyrrole nitrogens is 1. The van der Waals surface area contributed by atoms with Crippen LogP contribution in [0.3, 0.4) is 0 Å². The molecule has 4 aromatic rings. The van der Waals surface area contributed by atoms with E-state index in [0.29, 0.717) is 33.4 Å². The highest BCUT2D eigenvalue weighted by atomic mass is 35.5. The topological polar surface area (TPSA) is 83.6 Å². The number of hydrogen-bond donors (Lipinski definition) is 2. The van der Waals surface area contributed by atoms with E-state index in [-0.39, 0.29) is 5.91 Å². The van der Waals surface area contributed by atoms with Crippen molar-refractivity contribution in [2.45, 2.75) is 0 Å². The number of nitrogens with zero attached hydrogens (tertiary/aromatic N) is 3. The Kier molecular flexibility index (Phi) is 3.87. The van der Waals surface area contributed by atoms with Gasteiger partial charge in [0.2, 0.25) is 0 Å². The first-order valence-electron chi connectivity index (χ1n) is 7.54. The van der Waals surface area contributed by atoms with E-state index in [1.54, 1.807) is 24.4 Å². The van der Waals surface area contributed by atoms with E-state index in [9.17, 15) is 4.79 Å². The van der Waals surface area contributed by atoms with Crippen LogP contribution in [0, 0.1) is 0 Å². The molecular formula is C18H12ClN5O. The minimum Gasteiger partial charge on any atom is -0.344 e. The molecule has 0 aliphatic rings. The Morgan fingerprint density at radius 1 is 1.04 bits per heavy atom. The third-order valence-electron chi connectivity index (χ3n) is 3.65. The monoisotopic (exact) mass is 349 g/mol. The van der Waals surface area contributed by atoms with Gasteiger partial charge in [-0.3, -0.25) is 4.79 Å². The maximum absolute atomic E-state index is 12.3. The molecule has 6 nitrogen and oxygen atoms in total. The van der Waals surface area contributed by atoms with Gasteiger partial charge in [-0.1, -0.05) is 35.9 Å². The summed E-state index contributed by atoms with van der Waals surface area (Å²) in [6, 6.07) is 14.4. The predicted molar refractivity (Wildman–Crippen MR) is 96.5 cm³/mol. The van der Waals surface area contributed by atoms with Crippen LogP contribution in [0.4, 0.5) is 5.82 Å². The molecule has 3 heterocycles. The standard InChI is InChI=1S/C18H12ClN5O/c19-14-10-21-17-16(23-14)12(9-20-17)13-7-4-8-15(22-13)24-18(25)11-5-2-1-3-6-11/h1-10H,(H,20,21)(H,22,24,25). The van der Waals surface area contributed by atoms with Crippen LogP contribution >= 0.6 is 11.6 Å². The molecule has 25 heavy (non-hydrogen) atoms. The summed E-state index contributed by atoms with van der Waals surface area (Å²) in [4.78, 5) is 28.3. The molecule has 0 spiro atoms. The van der Waals surface area contributed by atoms with E-state index in [4.69, 9.17) is 11.6 Å². The van der Waals surface area contributed by atoms with E-state index in [2.05, 4.69) is 25.3 Å². The maximum Gasteiger partial charge on any atom is 0.256 e. The molecule has 1 aromatic carbocycles. The Hall–Kier alpha value is -3.25. The van der Waals surface area contributed by atoms with E-state index < -0.39 is 0 Å². The summed E-state index contributed by atoms with van der Waals surface area (Å²) in [5.41, 5.74) is 3.25. The van der Waals surface area contributed by atoms with Gasteiger partial charge in [-0.15, -0.1) is 0 Å². The molecule has 7 heteroatoms. The van der Waals surface area contributed by atoms with Crippen LogP contribution < -0.4 is 5.32 Å². The van der Waals surface area contributed by atoms with Crippen molar-refractivity contribution in [1.82, 2.24) is 19.9 Å². The molecule has 0 unspecified atom stereocenters. The van der Waals surface area contributed by atoms with Crippen molar-refractivity contribution in [1.29, 1.82) is 0 Å². The summed E-state index contributed by atoms with van der Waals surface area (Å²) in [5, 5.41) is 3.10. The number of aromatic nitrogens is 4. The van der Waals surface area contributed by atoms with Crippen molar-refractivity contribution >= 4 is 34.5 Å². The Balaban J connectivity index is 1.67. The van der Waals surface area contributed by atoms with E-state index in [0.717, 1.165) is 5.56 Å². The first-order chi connectivity index (χ1) is 12.2. The second-order valence-electron chi connectivity index (χ2n) is 5.32. The van der Waals surface area contributed by atoms with Crippen molar-refractivity contribution in [3.8, 4) is 11.3 Å². The van der Waals surface area contributed by atoms with E-state index in [1.165, 1.54) is 6.20 Å². The zero-order valence-electron chi connectivity index (χ0n) is 12.9. The maximum atomic E-state index is 12.3. The van der Waals surface area contributed by atoms with Gasteiger partial charge in [0.25, 0.3) is 5.91 Å². The lowest BCUT2D eigenvalue weighted by Crippen LogP contribution is -2.12. The molecule has 2 N–H and O–H groups in total. The zero-order valence-corrected chi connectivity index (χ0v) is 13.7. The van der Waals surface area contributed by atoms with Gasteiger partial charge in [0, 0.05) is 17.3 Å². The number of nitrogens with one attached hydrogen (secondary N) is 2. The largest absolute Gasteiger partial charge is 0.344 e. The molecular weight excluding hydrogens is 338 g/mol. The van der Waals surface area contributed by atoms with Crippen LogP contribution in [0.2, 0.25) is 5.15 Å². The van der Waals surface area contributed by atoms with E-state index >= 15 is 0 Å². The van der Waals surface area contributed by atoms with Crippen LogP contribution in [-0.4, -0.2) is 25.8 Å². The van der Waals surface area contributed by atoms with Crippen molar-refractivity contribution < 1.29 is 4.79 Å². The van der Waals surface area contributed by atoms with Gasteiger partial charge in [0.15, 0.2) is 5.65 Å². The van der Waals surface area contributed by atoms with Crippen molar-refractivity contribution in [2.75, 3.05) is 5.32 Å². The average Bonchev–Trinajstić information content (AvgIpc) is 3.05. The molecule has 0 saturated heterocycles. The molecule has 1 amide bonds. The van der Waals surface area contributed by atoms with E-state index in [1.807, 2.05) is 30.3 Å². The molecule has 122 valence electrons. The van der Waals surface area contributed by atoms with Crippen LogP contribution in [0.25, 0.3) is 22.4 Å². The van der Waals surface area contributed by atoms with Gasteiger partial charge >= 0.3 is 0 Å². The lowest BCUT2D eigenvalue weighted by atomic mass is 10.2. The molecule has 3 aromatic heterocycles. The third-order valence-corrected chi connectivity index (χ3v) is 3.84. The predicted octanol–water partition coefficient (Wildman–Crippen LogP) is 3.93. The number of halogens is 1. The minimum absolute atomic E-state index is 0.216. The average molecular weight is 350 g/mol. The van der Waals surface area contributed by atoms with Crippen molar-refractivity contribution in [3.63, 3.8) is 0 Å². The van der Waals surface area contributed by atoms with Crippen molar-refractivity contribution in [3.05, 3.63) is 71.6 Å². The fraction of sp³-hybridized carbons (Fsp3) is 0. The van der Waals surface area contributed by atoms with Crippen LogP contribution in [0.1, 0.15) is 10.4 Å². The summed E-state index contributed by atoms with van der Waals surface area (Å²) in [6.07, 6.45) is 3.25. The SMILES string of the molecule is O=C(Nc1cccc(-c2c[nH]c3ncc(Cl)nc23)n1)c1ccccc1. The highest BCUT2D eigenvalue weighted by Crippen LogP contribution is 2.26. The fourth-order valence-corrected chi connectivity index (χ4v) is 2.63. The molecule has 0 radical (unpaired) electrons. The summed E-state index contributed by atoms with van der Waals surface area (Å²) < 4.78 is 0. The number of benzene rings is 1. The number of rotatable bonds is 3. The van der Waals surface area contributed by atoms with Crippen LogP contribution in [0.5, 0.6) is 0 Å². The summed E-state index contributed by atoms with van der Waals surface area (Å²) in [6.45, 7) is 0. The Morgan fingerprint density at radius 2 is 1.88 bits per heavy atom. The third kappa shape index (κ3) is 3.07. The van der Waals surface area contributed by atoms with Gasteiger partial charge in [0.1, 0.15) is 16.5 Å². The molecule has 0 bridgehead atoms. The molecule has 0 fully saturated rings. The number of anilines is 1. The first-order valence-corrected chi connectivity index (χ1v) is 7.92. The van der Waals surface area contributed by atoms with Crippen LogP contribution in [-0.2, 0) is 0 Å².